The Morgan fingerprint density at radius 2 is 2.19 bits per heavy atom. The number of anilines is 1. The molecule has 1 saturated carbocycles. The van der Waals surface area contributed by atoms with Gasteiger partial charge >= 0.3 is 0 Å². The van der Waals surface area contributed by atoms with Crippen LogP contribution in [0.3, 0.4) is 0 Å². The lowest BCUT2D eigenvalue weighted by Crippen LogP contribution is -2.29. The molecule has 0 aromatic carbocycles. The Bertz CT molecular complexity index is 511. The van der Waals surface area contributed by atoms with E-state index in [1.54, 1.807) is 6.07 Å². The molecular weight excluding hydrogens is 226 g/mol. The Labute approximate surface area is 95.1 Å². The van der Waals surface area contributed by atoms with E-state index in [9.17, 15) is 8.42 Å². The third kappa shape index (κ3) is 2.03. The van der Waals surface area contributed by atoms with Crippen LogP contribution in [0.2, 0.25) is 0 Å². The van der Waals surface area contributed by atoms with Crippen LogP contribution >= 0.6 is 0 Å². The van der Waals surface area contributed by atoms with Gasteiger partial charge in [0.2, 0.25) is 0 Å². The highest BCUT2D eigenvalue weighted by molar-refractivity contribution is 7.89. The van der Waals surface area contributed by atoms with Crippen molar-refractivity contribution in [3.63, 3.8) is 0 Å². The van der Waals surface area contributed by atoms with Crippen LogP contribution in [0.1, 0.15) is 20.3 Å². The number of nitrogens with one attached hydrogen (secondary N) is 1. The maximum absolute atomic E-state index is 11.9. The summed E-state index contributed by atoms with van der Waals surface area (Å²) in [5.41, 5.74) is 5.80. The number of nitrogens with zero attached hydrogens (tertiary/aromatic N) is 1. The molecule has 0 bridgehead atoms. The molecule has 2 rings (SSSR count). The van der Waals surface area contributed by atoms with E-state index >= 15 is 0 Å². The molecule has 1 aromatic heterocycles. The first kappa shape index (κ1) is 11.3. The summed E-state index contributed by atoms with van der Waals surface area (Å²) in [6.07, 6.45) is 2.27. The van der Waals surface area contributed by atoms with Crippen molar-refractivity contribution in [2.45, 2.75) is 31.3 Å². The normalized spacial score (nSPS) is 23.0. The van der Waals surface area contributed by atoms with E-state index in [1.165, 1.54) is 12.3 Å². The summed E-state index contributed by atoms with van der Waals surface area (Å²) in [4.78, 5) is 3.80. The van der Waals surface area contributed by atoms with Gasteiger partial charge in [-0.25, -0.2) is 18.1 Å². The number of nitrogens with two attached hydrogens (primary N) is 1. The lowest BCUT2D eigenvalue weighted by atomic mass is 10.2. The van der Waals surface area contributed by atoms with Crippen molar-refractivity contribution in [3.05, 3.63) is 18.3 Å². The Hall–Kier alpha value is -1.14. The van der Waals surface area contributed by atoms with E-state index in [0.717, 1.165) is 6.42 Å². The Balaban J connectivity index is 2.24. The number of sulfonamides is 1. The fourth-order valence-corrected chi connectivity index (χ4v) is 3.01. The second kappa shape index (κ2) is 3.43. The third-order valence-corrected chi connectivity index (χ3v) is 4.31. The van der Waals surface area contributed by atoms with E-state index in [-0.39, 0.29) is 22.2 Å². The molecule has 6 heteroatoms. The number of hydrogen-bond donors (Lipinski definition) is 2. The highest BCUT2D eigenvalue weighted by Crippen LogP contribution is 2.45. The number of aromatic nitrogens is 1. The third-order valence-electron chi connectivity index (χ3n) is 2.87. The molecule has 0 amide bonds. The van der Waals surface area contributed by atoms with Crippen LogP contribution in [-0.4, -0.2) is 19.4 Å². The Kier molecular flexibility index (Phi) is 2.43. The summed E-state index contributed by atoms with van der Waals surface area (Å²) in [7, 11) is -3.58. The minimum Gasteiger partial charge on any atom is -0.396 e. The predicted molar refractivity (Wildman–Crippen MR) is 61.2 cm³/mol. The number of rotatable bonds is 3. The Morgan fingerprint density at radius 3 is 2.69 bits per heavy atom. The number of pyridine rings is 1. The number of nitrogen functional groups attached to an aromatic ring is 1. The summed E-state index contributed by atoms with van der Waals surface area (Å²) >= 11 is 0. The van der Waals surface area contributed by atoms with E-state index in [2.05, 4.69) is 9.71 Å². The van der Waals surface area contributed by atoms with Crippen LogP contribution in [-0.2, 0) is 10.0 Å². The van der Waals surface area contributed by atoms with Crippen LogP contribution in [0.5, 0.6) is 0 Å². The minimum absolute atomic E-state index is 0.0149. The van der Waals surface area contributed by atoms with Gasteiger partial charge in [-0.05, 0) is 24.0 Å². The molecule has 88 valence electrons. The Morgan fingerprint density at radius 1 is 1.56 bits per heavy atom. The zero-order valence-electron chi connectivity index (χ0n) is 9.27. The molecular formula is C10H15N3O2S. The average molecular weight is 241 g/mol. The molecule has 0 radical (unpaired) electrons. The molecule has 0 saturated heterocycles. The summed E-state index contributed by atoms with van der Waals surface area (Å²) in [6.45, 7) is 4.03. The molecule has 1 aromatic rings. The maximum atomic E-state index is 11.9. The van der Waals surface area contributed by atoms with Crippen LogP contribution in [0.25, 0.3) is 0 Å². The van der Waals surface area contributed by atoms with Crippen molar-refractivity contribution in [2.24, 2.45) is 5.41 Å². The quantitative estimate of drug-likeness (QED) is 0.817. The lowest BCUT2D eigenvalue weighted by Gasteiger charge is -2.08. The van der Waals surface area contributed by atoms with Crippen molar-refractivity contribution in [1.82, 2.24) is 9.71 Å². The fourth-order valence-electron chi connectivity index (χ4n) is 1.54. The van der Waals surface area contributed by atoms with Gasteiger partial charge in [-0.3, -0.25) is 0 Å². The van der Waals surface area contributed by atoms with Crippen LogP contribution in [0.15, 0.2) is 23.4 Å². The predicted octanol–water partition coefficient (Wildman–Crippen LogP) is 0.741. The molecule has 1 aliphatic carbocycles. The van der Waals surface area contributed by atoms with Gasteiger partial charge in [-0.1, -0.05) is 13.8 Å². The molecule has 5 nitrogen and oxygen atoms in total. The van der Waals surface area contributed by atoms with Crippen LogP contribution < -0.4 is 10.5 Å². The van der Waals surface area contributed by atoms with Gasteiger partial charge in [0.05, 0.1) is 5.69 Å². The minimum atomic E-state index is -3.58. The SMILES string of the molecule is CC1(C)CC1NS(=O)(=O)c1ncccc1N. The standard InChI is InChI=1S/C10H15N3O2S/c1-10(2)6-8(10)13-16(14,15)9-7(11)4-3-5-12-9/h3-5,8,13H,6,11H2,1-2H3. The highest BCUT2D eigenvalue weighted by atomic mass is 32.2. The highest BCUT2D eigenvalue weighted by Gasteiger charge is 2.48. The first-order valence-electron chi connectivity index (χ1n) is 5.06. The maximum Gasteiger partial charge on any atom is 0.260 e. The summed E-state index contributed by atoms with van der Waals surface area (Å²) < 4.78 is 26.5. The summed E-state index contributed by atoms with van der Waals surface area (Å²) in [6, 6.07) is 3.12. The summed E-state index contributed by atoms with van der Waals surface area (Å²) in [5.74, 6) is 0. The van der Waals surface area contributed by atoms with E-state index < -0.39 is 10.0 Å². The van der Waals surface area contributed by atoms with Gasteiger partial charge in [0.25, 0.3) is 10.0 Å². The average Bonchev–Trinajstić information content (AvgIpc) is 2.72. The molecule has 1 atom stereocenters. The van der Waals surface area contributed by atoms with Gasteiger partial charge in [0, 0.05) is 12.2 Å². The zero-order valence-corrected chi connectivity index (χ0v) is 10.1. The van der Waals surface area contributed by atoms with E-state index in [1.807, 2.05) is 13.8 Å². The monoisotopic (exact) mass is 241 g/mol. The smallest absolute Gasteiger partial charge is 0.260 e. The topological polar surface area (TPSA) is 85.1 Å². The van der Waals surface area contributed by atoms with Crippen molar-refractivity contribution >= 4 is 15.7 Å². The molecule has 0 spiro atoms. The van der Waals surface area contributed by atoms with Gasteiger partial charge < -0.3 is 5.73 Å². The second-order valence-electron chi connectivity index (χ2n) is 4.76. The first-order chi connectivity index (χ1) is 7.33. The molecule has 1 unspecified atom stereocenters. The van der Waals surface area contributed by atoms with Gasteiger partial charge in [0.1, 0.15) is 0 Å². The lowest BCUT2D eigenvalue weighted by molar-refractivity contribution is 0.552. The van der Waals surface area contributed by atoms with E-state index in [0.29, 0.717) is 0 Å². The molecule has 0 aliphatic heterocycles. The molecule has 16 heavy (non-hydrogen) atoms. The van der Waals surface area contributed by atoms with Crippen molar-refractivity contribution in [2.75, 3.05) is 5.73 Å². The fraction of sp³-hybridized carbons (Fsp3) is 0.500. The van der Waals surface area contributed by atoms with Gasteiger partial charge in [0.15, 0.2) is 5.03 Å². The van der Waals surface area contributed by atoms with Gasteiger partial charge in [-0.15, -0.1) is 0 Å². The molecule has 1 fully saturated rings. The largest absolute Gasteiger partial charge is 0.396 e. The molecule has 3 N–H and O–H groups in total. The van der Waals surface area contributed by atoms with Crippen molar-refractivity contribution < 1.29 is 8.42 Å². The molecule has 1 heterocycles. The van der Waals surface area contributed by atoms with Crippen LogP contribution in [0, 0.1) is 5.41 Å². The van der Waals surface area contributed by atoms with Crippen LogP contribution in [0.4, 0.5) is 5.69 Å². The number of hydrogen-bond acceptors (Lipinski definition) is 4. The molecule has 1 aliphatic rings. The first-order valence-corrected chi connectivity index (χ1v) is 6.54. The zero-order chi connectivity index (χ0) is 12.0. The summed E-state index contributed by atoms with van der Waals surface area (Å²) in [5, 5.41) is -0.0855. The van der Waals surface area contributed by atoms with E-state index in [4.69, 9.17) is 5.73 Å². The second-order valence-corrected chi connectivity index (χ2v) is 6.39. The van der Waals surface area contributed by atoms with Crippen molar-refractivity contribution in [3.8, 4) is 0 Å². The van der Waals surface area contributed by atoms with Crippen molar-refractivity contribution in [1.29, 1.82) is 0 Å². The van der Waals surface area contributed by atoms with Gasteiger partial charge in [-0.2, -0.15) is 0 Å².